The van der Waals surface area contributed by atoms with Crippen LogP contribution in [0.25, 0.3) is 34.0 Å². The summed E-state index contributed by atoms with van der Waals surface area (Å²) in [6, 6.07) is 16.0. The first-order valence-electron chi connectivity index (χ1n) is 10.9. The summed E-state index contributed by atoms with van der Waals surface area (Å²) in [6.45, 7) is 3.84. The molecule has 4 rings (SSSR count). The number of nitrogen functional groups attached to an aromatic ring is 1. The summed E-state index contributed by atoms with van der Waals surface area (Å²) in [7, 11) is 7.66. The first-order chi connectivity index (χ1) is 16.6. The van der Waals surface area contributed by atoms with Crippen molar-refractivity contribution in [1.82, 2.24) is 20.4 Å². The highest BCUT2D eigenvalue weighted by Crippen LogP contribution is 2.30. The van der Waals surface area contributed by atoms with Crippen molar-refractivity contribution >= 4 is 31.3 Å². The highest BCUT2D eigenvalue weighted by Gasteiger charge is 2.20. The van der Waals surface area contributed by atoms with Gasteiger partial charge in [-0.25, -0.2) is 18.4 Å². The van der Waals surface area contributed by atoms with Gasteiger partial charge in [-0.05, 0) is 31.5 Å². The van der Waals surface area contributed by atoms with Gasteiger partial charge in [-0.15, -0.1) is 0 Å². The number of nitrogens with one attached hydrogen (secondary N) is 1. The van der Waals surface area contributed by atoms with Crippen LogP contribution >= 0.6 is 0 Å². The minimum Gasteiger partial charge on any atom is -0.382 e. The normalized spacial score (nSPS) is 11.9. The Balaban J connectivity index is 1.58. The number of nitrogens with two attached hydrogens (primary N) is 1. The van der Waals surface area contributed by atoms with Crippen molar-refractivity contribution in [3.8, 4) is 34.0 Å². The third-order valence-electron chi connectivity index (χ3n) is 5.44. The molecule has 0 spiro atoms. The van der Waals surface area contributed by atoms with Gasteiger partial charge in [0.15, 0.2) is 27.1 Å². The van der Waals surface area contributed by atoms with Crippen molar-refractivity contribution in [2.75, 3.05) is 5.73 Å². The van der Waals surface area contributed by atoms with E-state index < -0.39 is 20.9 Å². The molecule has 0 saturated heterocycles. The minimum atomic E-state index is -3.36. The van der Waals surface area contributed by atoms with Gasteiger partial charge in [-0.3, -0.25) is 0 Å². The smallest absolute Gasteiger partial charge is 0.189 e. The van der Waals surface area contributed by atoms with Gasteiger partial charge in [0.1, 0.15) is 5.69 Å². The number of hydrogen-bond acceptors (Lipinski definition) is 8. The van der Waals surface area contributed by atoms with Crippen molar-refractivity contribution in [3.63, 3.8) is 0 Å². The third-order valence-corrected chi connectivity index (χ3v) is 7.61. The van der Waals surface area contributed by atoms with Gasteiger partial charge in [-0.2, -0.15) is 0 Å². The summed E-state index contributed by atoms with van der Waals surface area (Å²) < 4.78 is 30.3. The van der Waals surface area contributed by atoms with Crippen LogP contribution < -0.4 is 11.1 Å². The quantitative estimate of drug-likeness (QED) is 0.367. The van der Waals surface area contributed by atoms with Crippen LogP contribution in [0.2, 0.25) is 0 Å². The maximum Gasteiger partial charge on any atom is 0.189 e. The summed E-state index contributed by atoms with van der Waals surface area (Å²) in [5.41, 5.74) is 10.1. The van der Waals surface area contributed by atoms with Crippen LogP contribution in [-0.4, -0.2) is 50.3 Å². The molecule has 4 aromatic rings. The highest BCUT2D eigenvalue weighted by atomic mass is 32.2. The van der Waals surface area contributed by atoms with Crippen molar-refractivity contribution < 1.29 is 12.9 Å². The van der Waals surface area contributed by atoms with Gasteiger partial charge in [0.05, 0.1) is 37.7 Å². The molecule has 8 nitrogen and oxygen atoms in total. The molecule has 0 aliphatic rings. The van der Waals surface area contributed by atoms with Crippen LogP contribution in [0.5, 0.6) is 0 Å². The second-order valence-electron chi connectivity index (χ2n) is 8.29. The van der Waals surface area contributed by atoms with Crippen LogP contribution in [-0.2, 0) is 16.4 Å². The topological polar surface area (TPSA) is 124 Å². The SMILES string of the molecule is [B]C([B])NCc1ccc(-c2cc(-c3nc(-c4ccc(S(=O)(=O)C(C)C)cc4)cnc3N)on2)cc1. The molecular weight excluding hydrogens is 460 g/mol. The molecule has 0 atom stereocenters. The summed E-state index contributed by atoms with van der Waals surface area (Å²) in [5, 5.41) is 6.59. The number of anilines is 1. The third kappa shape index (κ3) is 5.47. The molecule has 2 aromatic carbocycles. The molecule has 4 radical (unpaired) electrons. The van der Waals surface area contributed by atoms with Crippen molar-refractivity contribution in [2.45, 2.75) is 36.4 Å². The number of aromatic nitrogens is 3. The molecule has 0 fully saturated rings. The zero-order valence-corrected chi connectivity index (χ0v) is 20.2. The van der Waals surface area contributed by atoms with E-state index in [0.717, 1.165) is 11.1 Å². The number of benzene rings is 2. The summed E-state index contributed by atoms with van der Waals surface area (Å²) in [4.78, 5) is 9.10. The van der Waals surface area contributed by atoms with E-state index >= 15 is 0 Å². The first kappa shape index (κ1) is 24.7. The Morgan fingerprint density at radius 1 is 1.00 bits per heavy atom. The predicted molar refractivity (Wildman–Crippen MR) is 137 cm³/mol. The van der Waals surface area contributed by atoms with Crippen LogP contribution in [0.4, 0.5) is 5.82 Å². The van der Waals surface area contributed by atoms with Crippen LogP contribution in [0.3, 0.4) is 0 Å². The van der Waals surface area contributed by atoms with E-state index in [0.29, 0.717) is 35.0 Å². The Kier molecular flexibility index (Phi) is 7.09. The van der Waals surface area contributed by atoms with Gasteiger partial charge in [0.25, 0.3) is 0 Å². The molecule has 0 bridgehead atoms. The van der Waals surface area contributed by atoms with Crippen molar-refractivity contribution in [2.24, 2.45) is 0 Å². The van der Waals surface area contributed by atoms with Gasteiger partial charge in [0, 0.05) is 23.7 Å². The van der Waals surface area contributed by atoms with Gasteiger partial charge >= 0.3 is 0 Å². The number of nitrogens with zero attached hydrogens (tertiary/aromatic N) is 3. The number of rotatable bonds is 8. The van der Waals surface area contributed by atoms with Gasteiger partial charge in [0.2, 0.25) is 0 Å². The van der Waals surface area contributed by atoms with Crippen LogP contribution in [0.15, 0.2) is 70.2 Å². The lowest BCUT2D eigenvalue weighted by atomic mass is 9.79. The Hall–Kier alpha value is -3.43. The predicted octanol–water partition coefficient (Wildman–Crippen LogP) is 2.94. The van der Waals surface area contributed by atoms with E-state index in [1.807, 2.05) is 24.3 Å². The zero-order valence-electron chi connectivity index (χ0n) is 19.3. The zero-order chi connectivity index (χ0) is 25.2. The van der Waals surface area contributed by atoms with E-state index in [-0.39, 0.29) is 10.7 Å². The molecule has 0 aliphatic heterocycles. The first-order valence-corrected chi connectivity index (χ1v) is 12.5. The lowest BCUT2D eigenvalue weighted by Crippen LogP contribution is -2.28. The van der Waals surface area contributed by atoms with Crippen LogP contribution in [0.1, 0.15) is 19.4 Å². The monoisotopic (exact) mass is 483 g/mol. The second kappa shape index (κ2) is 10.1. The van der Waals surface area contributed by atoms with E-state index in [4.69, 9.17) is 25.9 Å². The maximum atomic E-state index is 12.4. The summed E-state index contributed by atoms with van der Waals surface area (Å²) in [6.07, 6.45) is 1.53. The highest BCUT2D eigenvalue weighted by molar-refractivity contribution is 7.92. The van der Waals surface area contributed by atoms with E-state index in [1.54, 1.807) is 44.2 Å². The van der Waals surface area contributed by atoms with E-state index in [2.05, 4.69) is 20.4 Å². The number of sulfone groups is 1. The van der Waals surface area contributed by atoms with Crippen molar-refractivity contribution in [3.05, 3.63) is 66.4 Å². The maximum absolute atomic E-state index is 12.4. The Bertz CT molecular complexity index is 1420. The molecule has 0 unspecified atom stereocenters. The van der Waals surface area contributed by atoms with E-state index in [1.165, 1.54) is 6.20 Å². The second-order valence-corrected chi connectivity index (χ2v) is 10.8. The standard InChI is InChI=1S/C24H23B2N5O3S/c1-14(2)35(32,33)18-9-7-17(8-10-18)20-13-28-23(27)22(30-20)21-11-19(31-34-21)16-5-3-15(4-6-16)12-29-24(25)26/h3-11,13-14,24,29H,12H2,1-2H3,(H2,27,28). The molecule has 2 heterocycles. The lowest BCUT2D eigenvalue weighted by Gasteiger charge is -2.09. The molecule has 0 aliphatic carbocycles. The molecule has 2 aromatic heterocycles. The van der Waals surface area contributed by atoms with E-state index in [9.17, 15) is 8.42 Å². The average molecular weight is 483 g/mol. The molecule has 35 heavy (non-hydrogen) atoms. The average Bonchev–Trinajstić information content (AvgIpc) is 3.33. The summed E-state index contributed by atoms with van der Waals surface area (Å²) >= 11 is 0. The molecule has 0 saturated carbocycles. The fourth-order valence-electron chi connectivity index (χ4n) is 3.36. The van der Waals surface area contributed by atoms with Crippen LogP contribution in [0, 0.1) is 0 Å². The van der Waals surface area contributed by atoms with Gasteiger partial charge in [-0.1, -0.05) is 47.4 Å². The molecule has 174 valence electrons. The Labute approximate surface area is 207 Å². The molecule has 0 amide bonds. The van der Waals surface area contributed by atoms with Crippen molar-refractivity contribution in [1.29, 1.82) is 0 Å². The fraction of sp³-hybridized carbons (Fsp3) is 0.208. The fourth-order valence-corrected chi connectivity index (χ4v) is 4.42. The van der Waals surface area contributed by atoms with Gasteiger partial charge < -0.3 is 15.6 Å². The Morgan fingerprint density at radius 3 is 2.26 bits per heavy atom. The summed E-state index contributed by atoms with van der Waals surface area (Å²) in [5.74, 6) is -0.0261. The molecule has 3 N–H and O–H groups in total. The Morgan fingerprint density at radius 2 is 1.63 bits per heavy atom. The molecular formula is C24H23B2N5O3S. The lowest BCUT2D eigenvalue weighted by molar-refractivity contribution is 0.434. The minimum absolute atomic E-state index is 0.190. The number of hydrogen-bond donors (Lipinski definition) is 2. The largest absolute Gasteiger partial charge is 0.382 e. The molecule has 11 heteroatoms.